The van der Waals surface area contributed by atoms with Gasteiger partial charge in [-0.05, 0) is 19.1 Å². The van der Waals surface area contributed by atoms with Gasteiger partial charge in [0.2, 0.25) is 21.7 Å². The Morgan fingerprint density at radius 2 is 1.96 bits per heavy atom. The molecule has 0 bridgehead atoms. The number of hydrogen-bond donors (Lipinski definition) is 1. The highest BCUT2D eigenvalue weighted by molar-refractivity contribution is 7.89. The summed E-state index contributed by atoms with van der Waals surface area (Å²) >= 11 is 0. The van der Waals surface area contributed by atoms with Crippen molar-refractivity contribution in [1.29, 1.82) is 0 Å². The summed E-state index contributed by atoms with van der Waals surface area (Å²) in [6.45, 7) is 1.58. The van der Waals surface area contributed by atoms with Crippen molar-refractivity contribution in [3.8, 4) is 11.5 Å². The monoisotopic (exact) mass is 371 g/mol. The van der Waals surface area contributed by atoms with Gasteiger partial charge in [-0.25, -0.2) is 13.1 Å². The smallest absolute Gasteiger partial charge is 0.243 e. The molecule has 0 saturated carbocycles. The van der Waals surface area contributed by atoms with Crippen molar-refractivity contribution in [1.82, 2.24) is 25.0 Å². The average Bonchev–Trinajstić information content (AvgIpc) is 3.28. The van der Waals surface area contributed by atoms with Crippen LogP contribution in [0.5, 0.6) is 0 Å². The fourth-order valence-corrected chi connectivity index (χ4v) is 3.58. The first-order valence-corrected chi connectivity index (χ1v) is 9.11. The summed E-state index contributed by atoms with van der Waals surface area (Å²) in [6.07, 6.45) is 1.55. The lowest BCUT2D eigenvalue weighted by molar-refractivity contribution is 0.374. The maximum atomic E-state index is 12.6. The molecule has 4 aromatic rings. The number of aryl methyl sites for hydroxylation is 1. The summed E-state index contributed by atoms with van der Waals surface area (Å²) < 4.78 is 37.7. The largest absolute Gasteiger partial charge is 0.361 e. The number of fused-ring (bicyclic) bond motifs is 1. The molecule has 0 fully saturated rings. The fourth-order valence-electron chi connectivity index (χ4n) is 2.43. The van der Waals surface area contributed by atoms with Crippen LogP contribution < -0.4 is 4.72 Å². The van der Waals surface area contributed by atoms with Crippen LogP contribution in [0.25, 0.3) is 22.4 Å². The van der Waals surface area contributed by atoms with Gasteiger partial charge in [0.25, 0.3) is 0 Å². The van der Waals surface area contributed by atoms with E-state index in [4.69, 9.17) is 9.05 Å². The molecular weight excluding hydrogens is 358 g/mol. The van der Waals surface area contributed by atoms with E-state index >= 15 is 0 Å². The van der Waals surface area contributed by atoms with Gasteiger partial charge in [-0.1, -0.05) is 28.5 Å². The minimum atomic E-state index is -3.81. The maximum Gasteiger partial charge on any atom is 0.243 e. The van der Waals surface area contributed by atoms with Crippen LogP contribution in [0, 0.1) is 6.92 Å². The van der Waals surface area contributed by atoms with Crippen molar-refractivity contribution in [3.05, 3.63) is 54.2 Å². The fraction of sp³-hybridized carbons (Fsp3) is 0.125. The van der Waals surface area contributed by atoms with Gasteiger partial charge >= 0.3 is 0 Å². The number of hydrogen-bond acceptors (Lipinski definition) is 8. The van der Waals surface area contributed by atoms with Crippen molar-refractivity contribution in [2.45, 2.75) is 18.4 Å². The third-order valence-corrected chi connectivity index (χ3v) is 5.06. The van der Waals surface area contributed by atoms with Gasteiger partial charge in [0.1, 0.15) is 10.7 Å². The summed E-state index contributed by atoms with van der Waals surface area (Å²) in [5, 5.41) is 8.28. The summed E-state index contributed by atoms with van der Waals surface area (Å²) in [6, 6.07) is 10.2. The zero-order valence-electron chi connectivity index (χ0n) is 13.6. The molecule has 3 aromatic heterocycles. The molecule has 9 nitrogen and oxygen atoms in total. The van der Waals surface area contributed by atoms with Crippen molar-refractivity contribution in [2.75, 3.05) is 0 Å². The molecule has 0 spiro atoms. The second-order valence-corrected chi connectivity index (χ2v) is 7.23. The van der Waals surface area contributed by atoms with E-state index < -0.39 is 10.0 Å². The molecule has 0 atom stereocenters. The minimum Gasteiger partial charge on any atom is -0.361 e. The van der Waals surface area contributed by atoms with Crippen LogP contribution in [0.15, 0.2) is 56.5 Å². The van der Waals surface area contributed by atoms with E-state index in [1.54, 1.807) is 43.5 Å². The number of aromatic nitrogens is 4. The number of nitrogens with one attached hydrogen (secondary N) is 1. The topological polar surface area (TPSA) is 124 Å². The van der Waals surface area contributed by atoms with Gasteiger partial charge in [0.15, 0.2) is 5.69 Å². The third-order valence-electron chi connectivity index (χ3n) is 3.62. The molecule has 132 valence electrons. The average molecular weight is 371 g/mol. The van der Waals surface area contributed by atoms with Gasteiger partial charge in [0, 0.05) is 17.6 Å². The Kier molecular flexibility index (Phi) is 3.98. The number of pyridine rings is 1. The molecule has 0 aliphatic heterocycles. The predicted molar refractivity (Wildman–Crippen MR) is 90.3 cm³/mol. The number of nitrogens with zero attached hydrogens (tertiary/aromatic N) is 4. The van der Waals surface area contributed by atoms with Gasteiger partial charge in [0.05, 0.1) is 12.1 Å². The number of benzene rings is 1. The Hall–Kier alpha value is -3.11. The number of para-hydroxylation sites is 1. The molecule has 10 heteroatoms. The van der Waals surface area contributed by atoms with Gasteiger partial charge in [-0.2, -0.15) is 4.98 Å². The SMILES string of the molecule is Cc1cc(-c2noc(CNS(=O)(=O)c3cccc4cccnc34)n2)no1. The molecule has 0 saturated heterocycles. The predicted octanol–water partition coefficient (Wildman–Crippen LogP) is 2.06. The first kappa shape index (κ1) is 16.4. The van der Waals surface area contributed by atoms with E-state index in [0.717, 1.165) is 5.39 Å². The standard InChI is InChI=1S/C16H13N5O4S/c1-10-8-12(20-24-10)16-19-14(25-21-16)9-18-26(22,23)13-6-2-4-11-5-3-7-17-15(11)13/h2-8,18H,9H2,1H3. The molecule has 1 N–H and O–H groups in total. The first-order valence-electron chi connectivity index (χ1n) is 7.63. The molecule has 0 amide bonds. The van der Waals surface area contributed by atoms with E-state index in [9.17, 15) is 8.42 Å². The van der Waals surface area contributed by atoms with Crippen LogP contribution in [-0.2, 0) is 16.6 Å². The number of sulfonamides is 1. The molecule has 4 rings (SSSR count). The van der Waals surface area contributed by atoms with Crippen molar-refractivity contribution in [3.63, 3.8) is 0 Å². The van der Waals surface area contributed by atoms with Gasteiger partial charge in [-0.15, -0.1) is 0 Å². The van der Waals surface area contributed by atoms with Crippen molar-refractivity contribution < 1.29 is 17.5 Å². The normalized spacial score (nSPS) is 11.9. The van der Waals surface area contributed by atoms with Crippen LogP contribution in [0.2, 0.25) is 0 Å². The minimum absolute atomic E-state index is 0.0856. The Bertz CT molecular complexity index is 1180. The zero-order chi connectivity index (χ0) is 18.1. The second kappa shape index (κ2) is 6.32. The van der Waals surface area contributed by atoms with E-state index in [0.29, 0.717) is 17.0 Å². The Balaban J connectivity index is 1.56. The third kappa shape index (κ3) is 3.07. The van der Waals surface area contributed by atoms with E-state index in [-0.39, 0.29) is 23.2 Å². The summed E-state index contributed by atoms with van der Waals surface area (Å²) in [7, 11) is -3.81. The molecule has 0 aliphatic rings. The maximum absolute atomic E-state index is 12.6. The van der Waals surface area contributed by atoms with E-state index in [1.165, 1.54) is 6.07 Å². The Morgan fingerprint density at radius 1 is 1.12 bits per heavy atom. The molecule has 0 aliphatic carbocycles. The van der Waals surface area contributed by atoms with Crippen LogP contribution in [0.1, 0.15) is 11.7 Å². The lowest BCUT2D eigenvalue weighted by Gasteiger charge is -2.07. The second-order valence-electron chi connectivity index (χ2n) is 5.49. The van der Waals surface area contributed by atoms with E-state index in [1.807, 2.05) is 0 Å². The summed E-state index contributed by atoms with van der Waals surface area (Å²) in [5.41, 5.74) is 0.811. The summed E-state index contributed by atoms with van der Waals surface area (Å²) in [5.74, 6) is 0.941. The lowest BCUT2D eigenvalue weighted by atomic mass is 10.2. The highest BCUT2D eigenvalue weighted by Gasteiger charge is 2.20. The van der Waals surface area contributed by atoms with E-state index in [2.05, 4.69) is 25.0 Å². The van der Waals surface area contributed by atoms with Crippen LogP contribution in [0.3, 0.4) is 0 Å². The summed E-state index contributed by atoms with van der Waals surface area (Å²) in [4.78, 5) is 8.35. The highest BCUT2D eigenvalue weighted by Crippen LogP contribution is 2.21. The quantitative estimate of drug-likeness (QED) is 0.565. The van der Waals surface area contributed by atoms with Gasteiger partial charge in [-0.3, -0.25) is 4.98 Å². The lowest BCUT2D eigenvalue weighted by Crippen LogP contribution is -2.23. The highest BCUT2D eigenvalue weighted by atomic mass is 32.2. The van der Waals surface area contributed by atoms with Crippen molar-refractivity contribution in [2.24, 2.45) is 0 Å². The van der Waals surface area contributed by atoms with Crippen molar-refractivity contribution >= 4 is 20.9 Å². The van der Waals surface area contributed by atoms with Crippen LogP contribution >= 0.6 is 0 Å². The van der Waals surface area contributed by atoms with Crippen LogP contribution in [-0.4, -0.2) is 28.7 Å². The molecule has 0 radical (unpaired) electrons. The molecule has 0 unspecified atom stereocenters. The number of rotatable bonds is 5. The Morgan fingerprint density at radius 3 is 2.77 bits per heavy atom. The molecule has 3 heterocycles. The zero-order valence-corrected chi connectivity index (χ0v) is 14.4. The molecule has 26 heavy (non-hydrogen) atoms. The van der Waals surface area contributed by atoms with Gasteiger partial charge < -0.3 is 9.05 Å². The Labute approximate surface area is 148 Å². The first-order chi connectivity index (χ1) is 12.5. The molecule has 1 aromatic carbocycles. The van der Waals surface area contributed by atoms with Crippen LogP contribution in [0.4, 0.5) is 0 Å². The molecular formula is C16H13N5O4S.